The monoisotopic (exact) mass is 457 g/mol. The first kappa shape index (κ1) is 19.2. The van der Waals surface area contributed by atoms with Crippen molar-refractivity contribution in [2.45, 2.75) is 6.29 Å². The van der Waals surface area contributed by atoms with Crippen molar-refractivity contribution in [3.63, 3.8) is 0 Å². The molecule has 1 fully saturated rings. The van der Waals surface area contributed by atoms with E-state index < -0.39 is 6.29 Å². The summed E-state index contributed by atoms with van der Waals surface area (Å²) in [6.07, 6.45) is -0.422. The molecule has 30 heavy (non-hydrogen) atoms. The largest absolute Gasteiger partial charge is 0.346 e. The molecule has 4 aromatic carbocycles. The molecule has 0 aromatic heterocycles. The molecule has 0 spiro atoms. The normalized spacial score (nSPS) is 14.2. The van der Waals surface area contributed by atoms with Gasteiger partial charge in [-0.3, -0.25) is 0 Å². The molecule has 0 aliphatic carbocycles. The third kappa shape index (κ3) is 3.82. The number of rotatable bonds is 4. The molecule has 4 aromatic rings. The highest BCUT2D eigenvalue weighted by Crippen LogP contribution is 2.39. The molecule has 5 rings (SSSR count). The van der Waals surface area contributed by atoms with Crippen LogP contribution in [0.4, 0.5) is 5.69 Å². The fourth-order valence-corrected chi connectivity index (χ4v) is 4.14. The van der Waals surface area contributed by atoms with Crippen molar-refractivity contribution in [1.29, 1.82) is 0 Å². The number of hydrogen-bond donors (Lipinski definition) is 0. The molecule has 1 aliphatic heterocycles. The molecule has 1 saturated heterocycles. The summed E-state index contributed by atoms with van der Waals surface area (Å²) in [6, 6.07) is 31.0. The number of fused-ring (bicyclic) bond motifs is 1. The molecule has 3 nitrogen and oxygen atoms in total. The maximum absolute atomic E-state index is 5.91. The van der Waals surface area contributed by atoms with Crippen LogP contribution in [0.25, 0.3) is 10.8 Å². The molecule has 0 saturated carbocycles. The Morgan fingerprint density at radius 3 is 2.00 bits per heavy atom. The van der Waals surface area contributed by atoms with Crippen LogP contribution in [0.5, 0.6) is 0 Å². The molecule has 0 atom stereocenters. The minimum absolute atomic E-state index is 0.422. The number of ether oxygens (including phenoxy) is 2. The van der Waals surface area contributed by atoms with Crippen LogP contribution in [0.15, 0.2) is 100 Å². The van der Waals surface area contributed by atoms with Crippen molar-refractivity contribution in [3.05, 3.63) is 112 Å². The van der Waals surface area contributed by atoms with Gasteiger partial charge in [-0.15, -0.1) is 0 Å². The van der Waals surface area contributed by atoms with E-state index >= 15 is 0 Å². The molecule has 148 valence electrons. The fourth-order valence-electron chi connectivity index (χ4n) is 3.78. The molecule has 0 N–H and O–H groups in total. The standard InChI is InChI=1S/C26H20BrNO2/c27-21-13-11-18-12-14-23(24(22(18)17-21)26-29-15-16-30-26)28-25(19-7-3-1-4-8-19)20-9-5-2-6-10-20/h1-14,17,26H,15-16H2. The second kappa shape index (κ2) is 8.52. The van der Waals surface area contributed by atoms with Crippen LogP contribution >= 0.6 is 15.9 Å². The van der Waals surface area contributed by atoms with E-state index in [4.69, 9.17) is 14.5 Å². The van der Waals surface area contributed by atoms with E-state index in [0.717, 1.165) is 43.3 Å². The van der Waals surface area contributed by atoms with Gasteiger partial charge in [0, 0.05) is 21.2 Å². The summed E-state index contributed by atoms with van der Waals surface area (Å²) in [6.45, 7) is 1.17. The van der Waals surface area contributed by atoms with E-state index in [-0.39, 0.29) is 0 Å². The lowest BCUT2D eigenvalue weighted by molar-refractivity contribution is -0.0425. The van der Waals surface area contributed by atoms with Crippen LogP contribution in [0.1, 0.15) is 23.0 Å². The number of halogens is 1. The Labute approximate surface area is 184 Å². The van der Waals surface area contributed by atoms with Crippen molar-refractivity contribution in [2.24, 2.45) is 4.99 Å². The zero-order chi connectivity index (χ0) is 20.3. The maximum atomic E-state index is 5.91. The highest BCUT2D eigenvalue weighted by Gasteiger charge is 2.24. The van der Waals surface area contributed by atoms with Gasteiger partial charge in [-0.05, 0) is 29.0 Å². The molecular formula is C26H20BrNO2. The van der Waals surface area contributed by atoms with Crippen LogP contribution in [0.2, 0.25) is 0 Å². The summed E-state index contributed by atoms with van der Waals surface area (Å²) >= 11 is 3.61. The van der Waals surface area contributed by atoms with E-state index in [9.17, 15) is 0 Å². The van der Waals surface area contributed by atoms with E-state index in [1.165, 1.54) is 0 Å². The topological polar surface area (TPSA) is 30.8 Å². The SMILES string of the molecule is Brc1ccc2ccc(N=C(c3ccccc3)c3ccccc3)c(C3OCCO3)c2c1. The fraction of sp³-hybridized carbons (Fsp3) is 0.115. The van der Waals surface area contributed by atoms with Gasteiger partial charge in [0.15, 0.2) is 6.29 Å². The summed E-state index contributed by atoms with van der Waals surface area (Å²) in [5.74, 6) is 0. The van der Waals surface area contributed by atoms with Crippen LogP contribution in [-0.4, -0.2) is 18.9 Å². The molecule has 1 aliphatic rings. The number of hydrogen-bond acceptors (Lipinski definition) is 3. The van der Waals surface area contributed by atoms with Crippen LogP contribution in [0.3, 0.4) is 0 Å². The van der Waals surface area contributed by atoms with Crippen molar-refractivity contribution in [3.8, 4) is 0 Å². The third-order valence-corrected chi connectivity index (χ3v) is 5.68. The van der Waals surface area contributed by atoms with E-state index in [0.29, 0.717) is 13.2 Å². The Kier molecular flexibility index (Phi) is 5.45. The van der Waals surface area contributed by atoms with E-state index in [1.807, 2.05) is 42.5 Å². The minimum atomic E-state index is -0.422. The van der Waals surface area contributed by atoms with Crippen LogP contribution in [-0.2, 0) is 9.47 Å². The quantitative estimate of drug-likeness (QED) is 0.315. The second-order valence-corrected chi connectivity index (χ2v) is 8.05. The van der Waals surface area contributed by atoms with Gasteiger partial charge in [0.25, 0.3) is 0 Å². The summed E-state index contributed by atoms with van der Waals surface area (Å²) in [5.41, 5.74) is 4.88. The molecule has 0 bridgehead atoms. The van der Waals surface area contributed by atoms with Crippen molar-refractivity contribution in [2.75, 3.05) is 13.2 Å². The molecular weight excluding hydrogens is 438 g/mol. The average Bonchev–Trinajstić information content (AvgIpc) is 3.32. The molecule has 0 amide bonds. The first-order valence-electron chi connectivity index (χ1n) is 9.94. The number of benzene rings is 4. The Morgan fingerprint density at radius 1 is 0.767 bits per heavy atom. The Bertz CT molecular complexity index is 1160. The van der Waals surface area contributed by atoms with Gasteiger partial charge >= 0.3 is 0 Å². The average molecular weight is 458 g/mol. The molecule has 0 radical (unpaired) electrons. The van der Waals surface area contributed by atoms with Gasteiger partial charge in [-0.1, -0.05) is 88.7 Å². The Hall–Kier alpha value is -2.79. The molecule has 0 unspecified atom stereocenters. The van der Waals surface area contributed by atoms with Crippen LogP contribution < -0.4 is 0 Å². The van der Waals surface area contributed by atoms with Gasteiger partial charge in [-0.25, -0.2) is 4.99 Å². The second-order valence-electron chi connectivity index (χ2n) is 7.13. The third-order valence-electron chi connectivity index (χ3n) is 5.19. The summed E-state index contributed by atoms with van der Waals surface area (Å²) in [4.78, 5) is 5.16. The summed E-state index contributed by atoms with van der Waals surface area (Å²) in [5, 5.41) is 2.21. The predicted octanol–water partition coefficient (Wildman–Crippen LogP) is 6.82. The van der Waals surface area contributed by atoms with Gasteiger partial charge in [0.1, 0.15) is 0 Å². The summed E-state index contributed by atoms with van der Waals surface area (Å²) < 4.78 is 12.8. The zero-order valence-corrected chi connectivity index (χ0v) is 17.9. The molecule has 1 heterocycles. The highest BCUT2D eigenvalue weighted by molar-refractivity contribution is 9.10. The van der Waals surface area contributed by atoms with Gasteiger partial charge in [0.2, 0.25) is 0 Å². The lowest BCUT2D eigenvalue weighted by Crippen LogP contribution is -2.05. The minimum Gasteiger partial charge on any atom is -0.346 e. The molecule has 4 heteroatoms. The Morgan fingerprint density at radius 2 is 1.37 bits per heavy atom. The lowest BCUT2D eigenvalue weighted by Gasteiger charge is -2.17. The predicted molar refractivity (Wildman–Crippen MR) is 124 cm³/mol. The van der Waals surface area contributed by atoms with E-state index in [2.05, 4.69) is 64.5 Å². The smallest absolute Gasteiger partial charge is 0.186 e. The van der Waals surface area contributed by atoms with Gasteiger partial charge in [-0.2, -0.15) is 0 Å². The maximum Gasteiger partial charge on any atom is 0.186 e. The van der Waals surface area contributed by atoms with Crippen LogP contribution in [0, 0.1) is 0 Å². The Balaban J connectivity index is 1.76. The van der Waals surface area contributed by atoms with Gasteiger partial charge < -0.3 is 9.47 Å². The van der Waals surface area contributed by atoms with Crippen molar-refractivity contribution >= 4 is 38.1 Å². The van der Waals surface area contributed by atoms with Crippen molar-refractivity contribution < 1.29 is 9.47 Å². The summed E-state index contributed by atoms with van der Waals surface area (Å²) in [7, 11) is 0. The zero-order valence-electron chi connectivity index (χ0n) is 16.3. The number of aliphatic imine (C=N–C) groups is 1. The first-order chi connectivity index (χ1) is 14.8. The lowest BCUT2D eigenvalue weighted by atomic mass is 10.00. The first-order valence-corrected chi connectivity index (χ1v) is 10.7. The highest BCUT2D eigenvalue weighted by atomic mass is 79.9. The van der Waals surface area contributed by atoms with Crippen molar-refractivity contribution in [1.82, 2.24) is 0 Å². The number of nitrogens with zero attached hydrogens (tertiary/aromatic N) is 1. The van der Waals surface area contributed by atoms with E-state index in [1.54, 1.807) is 0 Å². The van der Waals surface area contributed by atoms with Gasteiger partial charge in [0.05, 0.1) is 24.6 Å².